The first-order chi connectivity index (χ1) is 16.3. The lowest BCUT2D eigenvalue weighted by Crippen LogP contribution is -2.39. The second-order valence-corrected chi connectivity index (χ2v) is 8.32. The second kappa shape index (κ2) is 10.1. The number of benzene rings is 2. The van der Waals surface area contributed by atoms with Crippen LogP contribution in [0.2, 0.25) is 0 Å². The Labute approximate surface area is 195 Å². The van der Waals surface area contributed by atoms with E-state index in [1.807, 2.05) is 6.92 Å². The summed E-state index contributed by atoms with van der Waals surface area (Å²) in [7, 11) is 0. The molecule has 0 aliphatic carbocycles. The number of carbonyl (C=O) groups excluding carboxylic acids is 2. The topological polar surface area (TPSA) is 62.3 Å². The standard InChI is InChI=1S/C26H24F3N3O2/c1-16-9-10-19(25(33)30-15-18-5-2-3-6-20(18)27)24(31-16)17-11-13-32(14-12-17)26(34)23-21(28)7-4-8-22(23)29/h2-10,17H,11-15H2,1H3,(H,30,33). The zero-order valence-electron chi connectivity index (χ0n) is 18.7. The number of rotatable bonds is 5. The molecule has 1 aliphatic heterocycles. The summed E-state index contributed by atoms with van der Waals surface area (Å²) in [4.78, 5) is 31.6. The Kier molecular flexibility index (Phi) is 6.95. The number of likely N-dealkylation sites (tertiary alicyclic amines) is 1. The van der Waals surface area contributed by atoms with Gasteiger partial charge in [0.25, 0.3) is 11.8 Å². The van der Waals surface area contributed by atoms with Crippen LogP contribution in [0.4, 0.5) is 13.2 Å². The normalized spacial score (nSPS) is 14.2. The highest BCUT2D eigenvalue weighted by molar-refractivity contribution is 5.96. The summed E-state index contributed by atoms with van der Waals surface area (Å²) in [5.41, 5.74) is 1.57. The highest BCUT2D eigenvalue weighted by Gasteiger charge is 2.30. The van der Waals surface area contributed by atoms with Crippen molar-refractivity contribution in [3.05, 3.63) is 100 Å². The highest BCUT2D eigenvalue weighted by atomic mass is 19.1. The Morgan fingerprint density at radius 2 is 1.59 bits per heavy atom. The van der Waals surface area contributed by atoms with Crippen LogP contribution >= 0.6 is 0 Å². The zero-order valence-corrected chi connectivity index (χ0v) is 18.7. The number of aromatic nitrogens is 1. The maximum Gasteiger partial charge on any atom is 0.259 e. The van der Waals surface area contributed by atoms with E-state index in [-0.39, 0.29) is 31.5 Å². The average molecular weight is 467 g/mol. The molecule has 0 bridgehead atoms. The summed E-state index contributed by atoms with van der Waals surface area (Å²) in [5.74, 6) is -3.33. The van der Waals surface area contributed by atoms with Gasteiger partial charge in [0.05, 0.1) is 11.3 Å². The Balaban J connectivity index is 1.47. The molecule has 176 valence electrons. The molecule has 8 heteroatoms. The smallest absolute Gasteiger partial charge is 0.259 e. The molecular weight excluding hydrogens is 443 g/mol. The summed E-state index contributed by atoms with van der Waals surface area (Å²) < 4.78 is 42.0. The molecule has 34 heavy (non-hydrogen) atoms. The molecule has 0 saturated carbocycles. The molecule has 0 unspecified atom stereocenters. The molecule has 0 spiro atoms. The number of carbonyl (C=O) groups is 2. The van der Waals surface area contributed by atoms with Gasteiger partial charge in [0.2, 0.25) is 0 Å². The van der Waals surface area contributed by atoms with Crippen molar-refractivity contribution in [1.29, 1.82) is 0 Å². The van der Waals surface area contributed by atoms with Crippen molar-refractivity contribution in [1.82, 2.24) is 15.2 Å². The third-order valence-electron chi connectivity index (χ3n) is 6.05. The van der Waals surface area contributed by atoms with Crippen molar-refractivity contribution in [2.24, 2.45) is 0 Å². The van der Waals surface area contributed by atoms with E-state index >= 15 is 0 Å². The van der Waals surface area contributed by atoms with Crippen LogP contribution in [0.25, 0.3) is 0 Å². The summed E-state index contributed by atoms with van der Waals surface area (Å²) in [6.45, 7) is 2.43. The Morgan fingerprint density at radius 1 is 0.941 bits per heavy atom. The number of aryl methyl sites for hydroxylation is 1. The minimum atomic E-state index is -0.888. The monoisotopic (exact) mass is 467 g/mol. The third-order valence-corrected chi connectivity index (χ3v) is 6.05. The molecule has 1 aromatic heterocycles. The van der Waals surface area contributed by atoms with E-state index in [1.54, 1.807) is 30.3 Å². The van der Waals surface area contributed by atoms with Gasteiger partial charge < -0.3 is 10.2 Å². The van der Waals surface area contributed by atoms with E-state index in [1.165, 1.54) is 17.0 Å². The second-order valence-electron chi connectivity index (χ2n) is 8.32. The first kappa shape index (κ1) is 23.5. The molecular formula is C26H24F3N3O2. The summed E-state index contributed by atoms with van der Waals surface area (Å²) in [6, 6.07) is 13.0. The summed E-state index contributed by atoms with van der Waals surface area (Å²) >= 11 is 0. The van der Waals surface area contributed by atoms with Crippen molar-refractivity contribution in [3.8, 4) is 0 Å². The molecule has 1 aliphatic rings. The van der Waals surface area contributed by atoms with Gasteiger partial charge in [-0.2, -0.15) is 0 Å². The maximum absolute atomic E-state index is 14.0. The number of hydrogen-bond donors (Lipinski definition) is 1. The third kappa shape index (κ3) is 4.95. The number of piperidine rings is 1. The van der Waals surface area contributed by atoms with Gasteiger partial charge in [0.15, 0.2) is 0 Å². The fourth-order valence-corrected chi connectivity index (χ4v) is 4.21. The van der Waals surface area contributed by atoms with E-state index in [2.05, 4.69) is 10.3 Å². The molecule has 2 amide bonds. The van der Waals surface area contributed by atoms with Crippen molar-refractivity contribution >= 4 is 11.8 Å². The molecule has 0 atom stereocenters. The van der Waals surface area contributed by atoms with Gasteiger partial charge in [-0.25, -0.2) is 13.2 Å². The lowest BCUT2D eigenvalue weighted by molar-refractivity contribution is 0.0700. The minimum absolute atomic E-state index is 0.0416. The quantitative estimate of drug-likeness (QED) is 0.589. The molecule has 2 heterocycles. The van der Waals surface area contributed by atoms with E-state index in [0.29, 0.717) is 29.7 Å². The average Bonchev–Trinajstić information content (AvgIpc) is 2.83. The van der Waals surface area contributed by atoms with Gasteiger partial charge in [-0.3, -0.25) is 14.6 Å². The van der Waals surface area contributed by atoms with Crippen LogP contribution in [-0.4, -0.2) is 34.8 Å². The van der Waals surface area contributed by atoms with Gasteiger partial charge in [-0.1, -0.05) is 24.3 Å². The van der Waals surface area contributed by atoms with Crippen molar-refractivity contribution in [2.45, 2.75) is 32.2 Å². The van der Waals surface area contributed by atoms with E-state index in [9.17, 15) is 22.8 Å². The molecule has 1 fully saturated rings. The number of nitrogens with one attached hydrogen (secondary N) is 1. The van der Waals surface area contributed by atoms with Crippen LogP contribution in [-0.2, 0) is 6.54 Å². The van der Waals surface area contributed by atoms with Gasteiger partial charge in [-0.05, 0) is 50.1 Å². The zero-order chi connectivity index (χ0) is 24.2. The van der Waals surface area contributed by atoms with E-state index < -0.39 is 28.9 Å². The number of nitrogens with zero attached hydrogens (tertiary/aromatic N) is 2. The molecule has 1 N–H and O–H groups in total. The van der Waals surface area contributed by atoms with Crippen molar-refractivity contribution in [3.63, 3.8) is 0 Å². The molecule has 5 nitrogen and oxygen atoms in total. The fraction of sp³-hybridized carbons (Fsp3) is 0.269. The SMILES string of the molecule is Cc1ccc(C(=O)NCc2ccccc2F)c(C2CCN(C(=O)c3c(F)cccc3F)CC2)n1. The van der Waals surface area contributed by atoms with E-state index in [0.717, 1.165) is 17.8 Å². The van der Waals surface area contributed by atoms with Gasteiger partial charge in [0.1, 0.15) is 23.0 Å². The summed E-state index contributed by atoms with van der Waals surface area (Å²) in [5, 5.41) is 2.75. The number of pyridine rings is 1. The number of hydrogen-bond acceptors (Lipinski definition) is 3. The molecule has 2 aromatic carbocycles. The predicted molar refractivity (Wildman–Crippen MR) is 121 cm³/mol. The largest absolute Gasteiger partial charge is 0.348 e. The summed E-state index contributed by atoms with van der Waals surface area (Å²) in [6.07, 6.45) is 0.984. The lowest BCUT2D eigenvalue weighted by atomic mass is 9.89. The highest BCUT2D eigenvalue weighted by Crippen LogP contribution is 2.30. The van der Waals surface area contributed by atoms with Crippen LogP contribution in [0.15, 0.2) is 54.6 Å². The van der Waals surface area contributed by atoms with Crippen molar-refractivity contribution in [2.75, 3.05) is 13.1 Å². The van der Waals surface area contributed by atoms with Crippen molar-refractivity contribution < 1.29 is 22.8 Å². The van der Waals surface area contributed by atoms with Gasteiger partial charge in [-0.15, -0.1) is 0 Å². The maximum atomic E-state index is 14.0. The molecule has 4 rings (SSSR count). The number of amides is 2. The Bertz CT molecular complexity index is 1200. The Morgan fingerprint density at radius 3 is 2.26 bits per heavy atom. The molecule has 3 aromatic rings. The minimum Gasteiger partial charge on any atom is -0.348 e. The first-order valence-electron chi connectivity index (χ1n) is 11.1. The van der Waals surface area contributed by atoms with Crippen LogP contribution in [0.3, 0.4) is 0 Å². The molecule has 0 radical (unpaired) electrons. The van der Waals surface area contributed by atoms with Gasteiger partial charge in [0, 0.05) is 36.8 Å². The van der Waals surface area contributed by atoms with Crippen LogP contribution < -0.4 is 5.32 Å². The van der Waals surface area contributed by atoms with Crippen LogP contribution in [0, 0.1) is 24.4 Å². The fourth-order valence-electron chi connectivity index (χ4n) is 4.21. The predicted octanol–water partition coefficient (Wildman–Crippen LogP) is 4.76. The Hall–Kier alpha value is -3.68. The molecule has 1 saturated heterocycles. The van der Waals surface area contributed by atoms with E-state index in [4.69, 9.17) is 0 Å². The lowest BCUT2D eigenvalue weighted by Gasteiger charge is -2.32. The van der Waals surface area contributed by atoms with Gasteiger partial charge >= 0.3 is 0 Å². The van der Waals surface area contributed by atoms with Crippen LogP contribution in [0.1, 0.15) is 56.4 Å². The number of halogens is 3. The van der Waals surface area contributed by atoms with Crippen LogP contribution in [0.5, 0.6) is 0 Å². The first-order valence-corrected chi connectivity index (χ1v) is 11.1.